The first-order valence-corrected chi connectivity index (χ1v) is 19.8. The summed E-state index contributed by atoms with van der Waals surface area (Å²) in [6.07, 6.45) is 5.58. The smallest absolute Gasteiger partial charge is 0.267 e. The van der Waals surface area contributed by atoms with Crippen LogP contribution in [0.25, 0.3) is 27.4 Å². The van der Waals surface area contributed by atoms with Gasteiger partial charge in [0.25, 0.3) is 25.2 Å². The lowest BCUT2D eigenvalue weighted by Crippen LogP contribution is -2.36. The second kappa shape index (κ2) is 15.3. The van der Waals surface area contributed by atoms with Crippen LogP contribution in [0.1, 0.15) is 44.5 Å². The Labute approximate surface area is 291 Å². The van der Waals surface area contributed by atoms with Crippen LogP contribution in [0.5, 0.6) is 17.2 Å². The number of hydrogen-bond acceptors (Lipinski definition) is 9. The van der Waals surface area contributed by atoms with Crippen molar-refractivity contribution in [1.82, 2.24) is 0 Å². The molecule has 0 spiro atoms. The number of methoxy groups -OCH3 is 2. The van der Waals surface area contributed by atoms with Crippen molar-refractivity contribution in [3.8, 4) is 28.4 Å². The maximum atomic E-state index is 11.7. The third-order valence-corrected chi connectivity index (χ3v) is 11.5. The van der Waals surface area contributed by atoms with E-state index in [0.29, 0.717) is 49.1 Å². The van der Waals surface area contributed by atoms with E-state index < -0.39 is 25.5 Å². The third kappa shape index (κ3) is 8.81. The molecule has 1 aromatic heterocycles. The Hall–Kier alpha value is -3.95. The van der Waals surface area contributed by atoms with Crippen molar-refractivity contribution < 1.29 is 44.7 Å². The second-order valence-corrected chi connectivity index (χ2v) is 16.2. The van der Waals surface area contributed by atoms with Gasteiger partial charge in [-0.2, -0.15) is 21.4 Å². The first-order chi connectivity index (χ1) is 23.3. The summed E-state index contributed by atoms with van der Waals surface area (Å²) >= 11 is 1.51. The molecular formula is C35H41N2O9S3+. The average molecular weight is 730 g/mol. The van der Waals surface area contributed by atoms with E-state index >= 15 is 0 Å². The number of fused-ring (bicyclic) bond motifs is 2. The monoisotopic (exact) mass is 729 g/mol. The number of ether oxygens (including phenoxy) is 3. The summed E-state index contributed by atoms with van der Waals surface area (Å²) in [6, 6.07) is 19.7. The summed E-state index contributed by atoms with van der Waals surface area (Å²) < 4.78 is 85.7. The highest BCUT2D eigenvalue weighted by Gasteiger charge is 2.29. The highest BCUT2D eigenvalue weighted by Crippen LogP contribution is 2.42. The maximum absolute atomic E-state index is 11.7. The molecule has 0 amide bonds. The van der Waals surface area contributed by atoms with Crippen LogP contribution in [0.2, 0.25) is 0 Å². The number of benzene rings is 3. The molecule has 0 saturated heterocycles. The van der Waals surface area contributed by atoms with Gasteiger partial charge < -0.3 is 19.1 Å². The lowest BCUT2D eigenvalue weighted by atomic mass is 10.0. The minimum Gasteiger partial charge on any atom is -0.493 e. The van der Waals surface area contributed by atoms with Crippen LogP contribution >= 0.6 is 11.3 Å². The van der Waals surface area contributed by atoms with Gasteiger partial charge in [-0.25, -0.2) is 0 Å². The van der Waals surface area contributed by atoms with Gasteiger partial charge in [-0.3, -0.25) is 9.11 Å². The van der Waals surface area contributed by atoms with E-state index in [1.807, 2.05) is 83.1 Å². The normalized spacial score (nSPS) is 15.0. The molecule has 2 N–H and O–H groups in total. The lowest BCUT2D eigenvalue weighted by molar-refractivity contribution is -0.668. The van der Waals surface area contributed by atoms with E-state index in [1.54, 1.807) is 14.2 Å². The van der Waals surface area contributed by atoms with Crippen LogP contribution in [0.4, 0.5) is 5.69 Å². The van der Waals surface area contributed by atoms with E-state index in [1.165, 1.54) is 18.3 Å². The van der Waals surface area contributed by atoms with Crippen molar-refractivity contribution in [1.29, 1.82) is 0 Å². The first-order valence-electron chi connectivity index (χ1n) is 15.9. The molecule has 1 aliphatic rings. The van der Waals surface area contributed by atoms with E-state index in [4.69, 9.17) is 14.2 Å². The van der Waals surface area contributed by atoms with Gasteiger partial charge in [-0.1, -0.05) is 54.7 Å². The molecule has 0 bridgehead atoms. The number of aryl methyl sites for hydroxylation is 1. The molecule has 0 fully saturated rings. The predicted molar refractivity (Wildman–Crippen MR) is 193 cm³/mol. The molecule has 1 aliphatic heterocycles. The van der Waals surface area contributed by atoms with Gasteiger partial charge in [0.2, 0.25) is 11.4 Å². The number of allylic oxidation sites excluding steroid dienone is 2. The van der Waals surface area contributed by atoms with E-state index in [9.17, 15) is 25.9 Å². The largest absolute Gasteiger partial charge is 0.493 e. The van der Waals surface area contributed by atoms with E-state index in [2.05, 4.69) is 6.07 Å². The molecule has 14 heteroatoms. The number of rotatable bonds is 15. The first kappa shape index (κ1) is 36.3. The SMILES string of the molecule is CCC(/C=C1\Oc2ccc(-c3ccccc3)cc2N1CCCC(C)S(=O)(=O)O)=C\c1sc2cc(OC)c(OC)cc2[n+]1CCCS(=O)(=O)O. The summed E-state index contributed by atoms with van der Waals surface area (Å²) in [5.74, 6) is 1.98. The number of aromatic nitrogens is 1. The second-order valence-electron chi connectivity index (χ2n) is 11.7. The van der Waals surface area contributed by atoms with Crippen LogP contribution in [0.15, 0.2) is 78.2 Å². The summed E-state index contributed by atoms with van der Waals surface area (Å²) in [5.41, 5.74) is 4.67. The Bertz CT molecular complexity index is 2090. The molecular weight excluding hydrogens is 689 g/mol. The Morgan fingerprint density at radius 1 is 0.980 bits per heavy atom. The summed E-state index contributed by atoms with van der Waals surface area (Å²) in [5, 5.41) is -0.0455. The third-order valence-electron chi connectivity index (χ3n) is 8.38. The molecule has 1 unspecified atom stereocenters. The summed E-state index contributed by atoms with van der Waals surface area (Å²) in [4.78, 5) is 2.03. The highest BCUT2D eigenvalue weighted by atomic mass is 32.2. The zero-order valence-electron chi connectivity index (χ0n) is 27.8. The molecule has 11 nitrogen and oxygen atoms in total. The van der Waals surface area contributed by atoms with Crippen molar-refractivity contribution in [3.05, 3.63) is 83.2 Å². The van der Waals surface area contributed by atoms with Gasteiger partial charge in [0.1, 0.15) is 4.70 Å². The zero-order chi connectivity index (χ0) is 35.3. The molecule has 0 aliphatic carbocycles. The fourth-order valence-electron chi connectivity index (χ4n) is 5.67. The number of anilines is 1. The standard InChI is InChI=1S/C35H40N2O9S3/c1-5-25(20-35-37(17-10-18-48(38,39)40)29-22-31(44-3)32(45-4)23-33(29)47-35)19-34-36(16-9-11-24(2)49(41,42)43)28-21-27(14-15-30(28)46-34)26-12-7-6-8-13-26/h6-8,12-15,19-24H,5,9-11,16-18H2,1-4H3,(H-,38,39,40,41,42,43)/p+1. The van der Waals surface area contributed by atoms with Crippen molar-refractivity contribution in [3.63, 3.8) is 0 Å². The van der Waals surface area contributed by atoms with Crippen molar-refractivity contribution >= 4 is 53.6 Å². The molecule has 0 radical (unpaired) electrons. The van der Waals surface area contributed by atoms with Crippen LogP contribution < -0.4 is 23.7 Å². The van der Waals surface area contributed by atoms with Gasteiger partial charge in [0, 0.05) is 31.2 Å². The van der Waals surface area contributed by atoms with Gasteiger partial charge in [0.15, 0.2) is 23.8 Å². The summed E-state index contributed by atoms with van der Waals surface area (Å²) in [7, 11) is -5.16. The Morgan fingerprint density at radius 3 is 2.35 bits per heavy atom. The Balaban J connectivity index is 1.55. The van der Waals surface area contributed by atoms with Crippen molar-refractivity contribution in [2.45, 2.75) is 51.3 Å². The highest BCUT2D eigenvalue weighted by molar-refractivity contribution is 7.86. The molecule has 49 heavy (non-hydrogen) atoms. The van der Waals surface area contributed by atoms with Gasteiger partial charge in [0.05, 0.1) is 37.0 Å². The van der Waals surface area contributed by atoms with E-state index in [0.717, 1.165) is 37.6 Å². The number of nitrogens with zero attached hydrogens (tertiary/aromatic N) is 2. The van der Waals surface area contributed by atoms with Crippen LogP contribution in [-0.4, -0.2) is 57.7 Å². The quantitative estimate of drug-likeness (QED) is 0.0998. The minimum absolute atomic E-state index is 0.199. The fraction of sp³-hybridized carbons (Fsp3) is 0.343. The van der Waals surface area contributed by atoms with E-state index in [-0.39, 0.29) is 18.6 Å². The number of hydrogen-bond donors (Lipinski definition) is 2. The van der Waals surface area contributed by atoms with Gasteiger partial charge >= 0.3 is 0 Å². The van der Waals surface area contributed by atoms with Crippen molar-refractivity contribution in [2.75, 3.05) is 31.4 Å². The molecule has 1 atom stereocenters. The van der Waals surface area contributed by atoms with Gasteiger partial charge in [-0.15, -0.1) is 0 Å². The average Bonchev–Trinajstić information content (AvgIpc) is 3.58. The fourth-order valence-corrected chi connectivity index (χ4v) is 7.80. The molecule has 3 aromatic carbocycles. The van der Waals surface area contributed by atoms with Crippen LogP contribution in [0, 0.1) is 0 Å². The van der Waals surface area contributed by atoms with Crippen molar-refractivity contribution in [2.24, 2.45) is 0 Å². The van der Waals surface area contributed by atoms with Crippen LogP contribution in [-0.2, 0) is 26.8 Å². The Morgan fingerprint density at radius 2 is 1.69 bits per heavy atom. The Kier molecular flexibility index (Phi) is 11.3. The summed E-state index contributed by atoms with van der Waals surface area (Å²) in [6.45, 7) is 4.30. The maximum Gasteiger partial charge on any atom is 0.267 e. The number of thiazole rings is 1. The molecule has 5 rings (SSSR count). The molecule has 0 saturated carbocycles. The minimum atomic E-state index is -4.15. The zero-order valence-corrected chi connectivity index (χ0v) is 30.3. The molecule has 262 valence electrons. The van der Waals surface area contributed by atoms with Gasteiger partial charge in [-0.05, 0) is 55.0 Å². The van der Waals surface area contributed by atoms with Crippen LogP contribution in [0.3, 0.4) is 0 Å². The molecule has 2 heterocycles. The topological polar surface area (TPSA) is 144 Å². The molecule has 4 aromatic rings. The lowest BCUT2D eigenvalue weighted by Gasteiger charge is -2.20. The predicted octanol–water partition coefficient (Wildman–Crippen LogP) is 6.74.